The van der Waals surface area contributed by atoms with Gasteiger partial charge < -0.3 is 49.5 Å². The zero-order chi connectivity index (χ0) is 41.3. The van der Waals surface area contributed by atoms with Crippen molar-refractivity contribution in [3.8, 4) is 11.1 Å². The number of esters is 3. The monoisotopic (exact) mass is 805 g/mol. The molecule has 0 saturated carbocycles. The quantitative estimate of drug-likeness (QED) is 0.0595. The van der Waals surface area contributed by atoms with Gasteiger partial charge in [0.25, 0.3) is 11.7 Å². The number of amides is 3. The van der Waals surface area contributed by atoms with Crippen LogP contribution in [0.15, 0.2) is 54.6 Å². The van der Waals surface area contributed by atoms with Crippen molar-refractivity contribution in [1.82, 2.24) is 16.0 Å². The first-order valence-electron chi connectivity index (χ1n) is 18.6. The predicted molar refractivity (Wildman–Crippen MR) is 198 cm³/mol. The van der Waals surface area contributed by atoms with Gasteiger partial charge in [-0.1, -0.05) is 55.8 Å². The number of rotatable bonds is 21. The summed E-state index contributed by atoms with van der Waals surface area (Å²) in [5.41, 5.74) is 2.21. The van der Waals surface area contributed by atoms with Crippen LogP contribution in [0.4, 0.5) is 0 Å². The summed E-state index contributed by atoms with van der Waals surface area (Å²) in [4.78, 5) is 87.9. The summed E-state index contributed by atoms with van der Waals surface area (Å²) in [5.74, 6) is -8.24. The third-order valence-corrected chi connectivity index (χ3v) is 9.18. The zero-order valence-electron chi connectivity index (χ0n) is 33.5. The van der Waals surface area contributed by atoms with E-state index in [1.54, 1.807) is 38.1 Å². The van der Waals surface area contributed by atoms with Crippen molar-refractivity contribution < 1.29 is 91.9 Å². The number of carbonyl (C=O) groups is 7. The number of benzene rings is 2. The van der Waals surface area contributed by atoms with Crippen molar-refractivity contribution in [3.63, 3.8) is 0 Å². The molecule has 6 atom stereocenters. The van der Waals surface area contributed by atoms with Gasteiger partial charge in [0.15, 0.2) is 0 Å². The Bertz CT molecular complexity index is 1660. The van der Waals surface area contributed by atoms with Crippen LogP contribution in [-0.4, -0.2) is 98.5 Å². The number of ether oxygens (including phenoxy) is 5. The molecular weight excluding hydrogens is 753 g/mol. The van der Waals surface area contributed by atoms with Gasteiger partial charge in [-0.3, -0.25) is 24.0 Å². The number of carbonyl (C=O) groups excluding carboxylic acids is 7. The van der Waals surface area contributed by atoms with Crippen LogP contribution in [0.1, 0.15) is 83.0 Å². The summed E-state index contributed by atoms with van der Waals surface area (Å²) in [5, 5.41) is 19.4. The van der Waals surface area contributed by atoms with E-state index in [9.17, 15) is 38.7 Å². The van der Waals surface area contributed by atoms with Gasteiger partial charge >= 0.3 is 47.5 Å². The predicted octanol–water partition coefficient (Wildman–Crippen LogP) is -1.03. The van der Waals surface area contributed by atoms with E-state index in [2.05, 4.69) is 16.0 Å². The largest absolute Gasteiger partial charge is 1.00 e. The molecule has 16 nitrogen and oxygen atoms in total. The van der Waals surface area contributed by atoms with Gasteiger partial charge in [0, 0.05) is 50.6 Å². The molecule has 0 aliphatic carbocycles. The molecular formula is C40H52N3NaO13. The van der Waals surface area contributed by atoms with Gasteiger partial charge in [-0.15, -0.1) is 0 Å². The van der Waals surface area contributed by atoms with Crippen LogP contribution >= 0.6 is 0 Å². The minimum Gasteiger partial charge on any atom is -0.550 e. The first-order valence-corrected chi connectivity index (χ1v) is 18.6. The van der Waals surface area contributed by atoms with E-state index in [-0.39, 0.29) is 68.1 Å². The summed E-state index contributed by atoms with van der Waals surface area (Å²) in [6.07, 6.45) is -2.19. The molecule has 306 valence electrons. The third-order valence-electron chi connectivity index (χ3n) is 9.18. The fourth-order valence-corrected chi connectivity index (χ4v) is 6.43. The molecule has 0 radical (unpaired) electrons. The molecule has 3 amide bonds. The van der Waals surface area contributed by atoms with E-state index in [4.69, 9.17) is 23.7 Å². The SMILES string of the molecule is CCOC(=O)CCCCCO[C@]1(C(=O)OC)C[C@H](NC(=O)CCC(=O)[O-])[C@@H](NC(C)=O)[C@H]([C@H](C)[C@@H](CNC(=O)c2ccc(-c3ccccc3)cc2)OC(C)=O)O1.[Na+]. The molecule has 2 aromatic carbocycles. The normalized spacial score (nSPS) is 19.7. The summed E-state index contributed by atoms with van der Waals surface area (Å²) < 4.78 is 28.3. The van der Waals surface area contributed by atoms with Crippen LogP contribution in [-0.2, 0) is 52.5 Å². The maximum absolute atomic E-state index is 13.6. The fraction of sp³-hybridized carbons (Fsp3) is 0.525. The minimum absolute atomic E-state index is 0. The van der Waals surface area contributed by atoms with Crippen molar-refractivity contribution in [2.75, 3.05) is 26.9 Å². The molecule has 1 heterocycles. The number of aliphatic carboxylic acids is 1. The first-order chi connectivity index (χ1) is 26.7. The number of unbranched alkanes of at least 4 members (excludes halogenated alkanes) is 2. The van der Waals surface area contributed by atoms with Crippen LogP contribution < -0.4 is 50.6 Å². The number of carboxylic acid groups (broad SMARTS) is 1. The molecule has 1 aliphatic rings. The van der Waals surface area contributed by atoms with E-state index < -0.39 is 84.5 Å². The molecule has 3 rings (SSSR count). The Morgan fingerprint density at radius 1 is 0.895 bits per heavy atom. The van der Waals surface area contributed by atoms with Gasteiger partial charge in [-0.25, -0.2) is 4.79 Å². The molecule has 57 heavy (non-hydrogen) atoms. The Morgan fingerprint density at radius 2 is 1.56 bits per heavy atom. The molecule has 1 saturated heterocycles. The van der Waals surface area contributed by atoms with Crippen LogP contribution in [0.5, 0.6) is 0 Å². The van der Waals surface area contributed by atoms with Gasteiger partial charge in [0.2, 0.25) is 11.8 Å². The Hall–Kier alpha value is -4.35. The van der Waals surface area contributed by atoms with E-state index in [1.807, 2.05) is 30.3 Å². The second kappa shape index (κ2) is 24.4. The van der Waals surface area contributed by atoms with Gasteiger partial charge in [-0.2, -0.15) is 0 Å². The third kappa shape index (κ3) is 15.5. The van der Waals surface area contributed by atoms with Crippen molar-refractivity contribution in [1.29, 1.82) is 0 Å². The molecule has 2 aromatic rings. The standard InChI is InChI=1S/C40H53N3O13.Na/c1-6-53-35(49)15-11-8-12-22-54-40(39(51)52-5)23-31(43-33(46)20-21-34(47)48)36(42-26(3)44)37(56-40)25(2)32(55-27(4)45)24-41-38(50)30-18-16-29(17-19-30)28-13-9-7-10-14-28;/h7,9-10,13-14,16-19,25,31-32,36-37H,6,8,11-12,15,20-24H2,1-5H3,(H,41,50)(H,42,44)(H,43,46)(H,47,48);/q;+1/p-1/t25-,31+,32-,36-,37+,40-;/m1./s1. The van der Waals surface area contributed by atoms with Crippen LogP contribution in [0.25, 0.3) is 11.1 Å². The Balaban J connectivity index is 0.0000112. The zero-order valence-corrected chi connectivity index (χ0v) is 35.5. The first kappa shape index (κ1) is 48.8. The van der Waals surface area contributed by atoms with E-state index >= 15 is 0 Å². The molecule has 1 fully saturated rings. The smallest absolute Gasteiger partial charge is 0.550 e. The molecule has 0 bridgehead atoms. The summed E-state index contributed by atoms with van der Waals surface area (Å²) >= 11 is 0. The van der Waals surface area contributed by atoms with Gasteiger partial charge in [0.1, 0.15) is 6.10 Å². The summed E-state index contributed by atoms with van der Waals surface area (Å²) in [7, 11) is 1.12. The van der Waals surface area contributed by atoms with E-state index in [0.717, 1.165) is 18.2 Å². The van der Waals surface area contributed by atoms with Crippen molar-refractivity contribution in [3.05, 3.63) is 60.2 Å². The van der Waals surface area contributed by atoms with Crippen LogP contribution in [0, 0.1) is 5.92 Å². The molecule has 1 aliphatic heterocycles. The average molecular weight is 806 g/mol. The Kier molecular flexibility index (Phi) is 20.9. The number of nitrogens with one attached hydrogen (secondary N) is 3. The van der Waals surface area contributed by atoms with Crippen molar-refractivity contribution in [2.24, 2.45) is 5.92 Å². The summed E-state index contributed by atoms with van der Waals surface area (Å²) in [6.45, 7) is 5.73. The maximum Gasteiger partial charge on any atom is 1.00 e. The molecule has 3 N–H and O–H groups in total. The van der Waals surface area contributed by atoms with Crippen LogP contribution in [0.2, 0.25) is 0 Å². The fourth-order valence-electron chi connectivity index (χ4n) is 6.43. The number of methoxy groups -OCH3 is 1. The topological polar surface area (TPSA) is 225 Å². The van der Waals surface area contributed by atoms with Crippen molar-refractivity contribution in [2.45, 2.75) is 103 Å². The van der Waals surface area contributed by atoms with Gasteiger partial charge in [-0.05, 0) is 49.4 Å². The van der Waals surface area contributed by atoms with E-state index in [1.165, 1.54) is 13.8 Å². The van der Waals surface area contributed by atoms with Crippen LogP contribution in [0.3, 0.4) is 0 Å². The molecule has 17 heteroatoms. The second-order valence-electron chi connectivity index (χ2n) is 13.4. The van der Waals surface area contributed by atoms with Gasteiger partial charge in [0.05, 0.1) is 45.1 Å². The number of hydrogen-bond acceptors (Lipinski definition) is 13. The number of carboxylic acids is 1. The minimum atomic E-state index is -2.17. The average Bonchev–Trinajstić information content (AvgIpc) is 3.17. The Labute approximate surface area is 354 Å². The van der Waals surface area contributed by atoms with E-state index in [0.29, 0.717) is 24.8 Å². The number of hydrogen-bond donors (Lipinski definition) is 3. The molecule has 0 unspecified atom stereocenters. The molecule has 0 spiro atoms. The second-order valence-corrected chi connectivity index (χ2v) is 13.4. The van der Waals surface area contributed by atoms with Crippen molar-refractivity contribution >= 4 is 41.6 Å². The molecule has 0 aromatic heterocycles. The maximum atomic E-state index is 13.6. The summed E-state index contributed by atoms with van der Waals surface area (Å²) in [6, 6.07) is 14.3. The Morgan fingerprint density at radius 3 is 2.16 bits per heavy atom.